The molecule has 0 saturated carbocycles. The quantitative estimate of drug-likeness (QED) is 0.643. The van der Waals surface area contributed by atoms with Crippen molar-refractivity contribution in [2.75, 3.05) is 0 Å². The van der Waals surface area contributed by atoms with E-state index in [1.54, 1.807) is 0 Å². The van der Waals surface area contributed by atoms with Crippen molar-refractivity contribution in [3.05, 3.63) is 77.1 Å². The van der Waals surface area contributed by atoms with E-state index >= 15 is 0 Å². The van der Waals surface area contributed by atoms with Gasteiger partial charge < -0.3 is 0 Å². The molecule has 0 N–H and O–H groups in total. The number of hydrogen-bond donors (Lipinski definition) is 0. The zero-order valence-electron chi connectivity index (χ0n) is 9.22. The van der Waals surface area contributed by atoms with E-state index < -0.39 is 0 Å². The molecular formula is C15H13N. The van der Waals surface area contributed by atoms with E-state index in [1.807, 2.05) is 30.3 Å². The maximum Gasteiger partial charge on any atom is 0.187 e. The van der Waals surface area contributed by atoms with Crippen LogP contribution in [-0.4, -0.2) is 0 Å². The SMILES string of the molecule is [C-]#[N+]c1ccc([C@H](C)c2ccccc2)cc1. The Balaban J connectivity index is 2.28. The molecule has 0 amide bonds. The Labute approximate surface area is 96.2 Å². The molecule has 78 valence electrons. The molecule has 0 spiro atoms. The van der Waals surface area contributed by atoms with E-state index in [1.165, 1.54) is 11.1 Å². The van der Waals surface area contributed by atoms with Gasteiger partial charge in [-0.3, -0.25) is 0 Å². The second-order valence-corrected chi connectivity index (χ2v) is 3.84. The number of hydrogen-bond acceptors (Lipinski definition) is 0. The molecule has 2 aromatic rings. The van der Waals surface area contributed by atoms with Crippen LogP contribution in [0.5, 0.6) is 0 Å². The van der Waals surface area contributed by atoms with Gasteiger partial charge in [-0.2, -0.15) is 0 Å². The lowest BCUT2D eigenvalue weighted by Gasteiger charge is -2.12. The van der Waals surface area contributed by atoms with Crippen molar-refractivity contribution in [1.82, 2.24) is 0 Å². The first kappa shape index (κ1) is 10.4. The molecule has 1 heteroatoms. The first-order chi connectivity index (χ1) is 7.81. The first-order valence-electron chi connectivity index (χ1n) is 5.33. The summed E-state index contributed by atoms with van der Waals surface area (Å²) in [5.74, 6) is 0.376. The molecule has 0 aliphatic carbocycles. The van der Waals surface area contributed by atoms with Crippen LogP contribution in [-0.2, 0) is 0 Å². The summed E-state index contributed by atoms with van der Waals surface area (Å²) in [7, 11) is 0. The standard InChI is InChI=1S/C15H13N/c1-12(13-6-4-3-5-7-13)14-8-10-15(16-2)11-9-14/h3-12H,1H3/t12-/m1/s1. The summed E-state index contributed by atoms with van der Waals surface area (Å²) in [4.78, 5) is 3.39. The van der Waals surface area contributed by atoms with Crippen LogP contribution in [0.25, 0.3) is 4.85 Å². The highest BCUT2D eigenvalue weighted by molar-refractivity contribution is 5.47. The van der Waals surface area contributed by atoms with E-state index in [0.29, 0.717) is 11.6 Å². The van der Waals surface area contributed by atoms with Crippen LogP contribution in [0.15, 0.2) is 54.6 Å². The summed E-state index contributed by atoms with van der Waals surface area (Å²) in [5, 5.41) is 0. The molecular weight excluding hydrogens is 194 g/mol. The number of rotatable bonds is 2. The van der Waals surface area contributed by atoms with Crippen molar-refractivity contribution in [1.29, 1.82) is 0 Å². The van der Waals surface area contributed by atoms with Crippen LogP contribution >= 0.6 is 0 Å². The summed E-state index contributed by atoms with van der Waals surface area (Å²) in [6.45, 7) is 9.09. The number of benzene rings is 2. The molecule has 0 unspecified atom stereocenters. The minimum atomic E-state index is 0.376. The van der Waals surface area contributed by atoms with Crippen LogP contribution in [0.2, 0.25) is 0 Å². The predicted molar refractivity (Wildman–Crippen MR) is 66.7 cm³/mol. The lowest BCUT2D eigenvalue weighted by Crippen LogP contribution is -1.94. The Morgan fingerprint density at radius 2 is 1.44 bits per heavy atom. The van der Waals surface area contributed by atoms with Gasteiger partial charge >= 0.3 is 0 Å². The summed E-state index contributed by atoms with van der Waals surface area (Å²) in [6.07, 6.45) is 0. The normalized spacial score (nSPS) is 11.8. The van der Waals surface area contributed by atoms with Gasteiger partial charge in [0.15, 0.2) is 5.69 Å². The fourth-order valence-electron chi connectivity index (χ4n) is 1.77. The largest absolute Gasteiger partial charge is 0.238 e. The summed E-state index contributed by atoms with van der Waals surface area (Å²) < 4.78 is 0. The van der Waals surface area contributed by atoms with Gasteiger partial charge in [0.05, 0.1) is 6.57 Å². The number of nitrogens with zero attached hydrogens (tertiary/aromatic N) is 1. The van der Waals surface area contributed by atoms with Crippen LogP contribution in [0.1, 0.15) is 24.0 Å². The minimum absolute atomic E-state index is 0.376. The van der Waals surface area contributed by atoms with E-state index in [2.05, 4.69) is 36.0 Å². The Kier molecular flexibility index (Phi) is 3.03. The fraction of sp³-hybridized carbons (Fsp3) is 0.133. The molecule has 16 heavy (non-hydrogen) atoms. The van der Waals surface area contributed by atoms with Crippen molar-refractivity contribution in [3.63, 3.8) is 0 Å². The molecule has 0 saturated heterocycles. The van der Waals surface area contributed by atoms with Gasteiger partial charge in [0.2, 0.25) is 0 Å². The highest BCUT2D eigenvalue weighted by Gasteiger charge is 2.06. The van der Waals surface area contributed by atoms with E-state index in [9.17, 15) is 0 Å². The molecule has 0 heterocycles. The van der Waals surface area contributed by atoms with Gasteiger partial charge in [-0.05, 0) is 11.1 Å². The zero-order valence-corrected chi connectivity index (χ0v) is 9.22. The van der Waals surface area contributed by atoms with Gasteiger partial charge in [-0.1, -0.05) is 61.5 Å². The van der Waals surface area contributed by atoms with Crippen molar-refractivity contribution in [3.8, 4) is 0 Å². The topological polar surface area (TPSA) is 4.36 Å². The molecule has 0 bridgehead atoms. The van der Waals surface area contributed by atoms with Crippen LogP contribution < -0.4 is 0 Å². The highest BCUT2D eigenvalue weighted by Crippen LogP contribution is 2.25. The molecule has 0 aromatic heterocycles. The van der Waals surface area contributed by atoms with Crippen molar-refractivity contribution >= 4 is 5.69 Å². The molecule has 2 aromatic carbocycles. The maximum absolute atomic E-state index is 6.91. The predicted octanol–water partition coefficient (Wildman–Crippen LogP) is 4.39. The van der Waals surface area contributed by atoms with Gasteiger partial charge in [0, 0.05) is 5.92 Å². The van der Waals surface area contributed by atoms with Crippen LogP contribution in [0.4, 0.5) is 5.69 Å². The second kappa shape index (κ2) is 4.63. The van der Waals surface area contributed by atoms with Crippen LogP contribution in [0, 0.1) is 6.57 Å². The summed E-state index contributed by atoms with van der Waals surface area (Å²) in [6, 6.07) is 18.2. The van der Waals surface area contributed by atoms with Crippen LogP contribution in [0.3, 0.4) is 0 Å². The smallest absolute Gasteiger partial charge is 0.187 e. The average molecular weight is 207 g/mol. The molecule has 1 atom stereocenters. The third kappa shape index (κ3) is 2.12. The van der Waals surface area contributed by atoms with Gasteiger partial charge in [0.1, 0.15) is 0 Å². The van der Waals surface area contributed by atoms with Gasteiger partial charge in [0.25, 0.3) is 0 Å². The fourth-order valence-corrected chi connectivity index (χ4v) is 1.77. The second-order valence-electron chi connectivity index (χ2n) is 3.84. The lowest BCUT2D eigenvalue weighted by molar-refractivity contribution is 0.923. The molecule has 0 aliphatic heterocycles. The Hall–Kier alpha value is -2.07. The zero-order chi connectivity index (χ0) is 11.4. The van der Waals surface area contributed by atoms with Gasteiger partial charge in [-0.15, -0.1) is 0 Å². The molecule has 2 rings (SSSR count). The minimum Gasteiger partial charge on any atom is -0.238 e. The Morgan fingerprint density at radius 3 is 2.00 bits per heavy atom. The summed E-state index contributed by atoms with van der Waals surface area (Å²) in [5.41, 5.74) is 3.25. The maximum atomic E-state index is 6.91. The third-order valence-corrected chi connectivity index (χ3v) is 2.82. The first-order valence-corrected chi connectivity index (χ1v) is 5.33. The Bertz CT molecular complexity index is 491. The average Bonchev–Trinajstić information content (AvgIpc) is 2.39. The lowest BCUT2D eigenvalue weighted by atomic mass is 9.93. The van der Waals surface area contributed by atoms with Gasteiger partial charge in [-0.25, -0.2) is 4.85 Å². The Morgan fingerprint density at radius 1 is 0.875 bits per heavy atom. The third-order valence-electron chi connectivity index (χ3n) is 2.82. The molecule has 1 nitrogen and oxygen atoms in total. The molecule has 0 radical (unpaired) electrons. The molecule has 0 aliphatic rings. The highest BCUT2D eigenvalue weighted by atomic mass is 14.6. The monoisotopic (exact) mass is 207 g/mol. The van der Waals surface area contributed by atoms with E-state index in [0.717, 1.165) is 0 Å². The van der Waals surface area contributed by atoms with E-state index in [4.69, 9.17) is 6.57 Å². The molecule has 0 fully saturated rings. The van der Waals surface area contributed by atoms with E-state index in [-0.39, 0.29) is 0 Å². The van der Waals surface area contributed by atoms with Crippen molar-refractivity contribution < 1.29 is 0 Å². The van der Waals surface area contributed by atoms with Crippen molar-refractivity contribution in [2.24, 2.45) is 0 Å². The van der Waals surface area contributed by atoms with Crippen molar-refractivity contribution in [2.45, 2.75) is 12.8 Å². The summed E-state index contributed by atoms with van der Waals surface area (Å²) >= 11 is 0.